The van der Waals surface area contributed by atoms with Gasteiger partial charge in [0.05, 0.1) is 0 Å². The van der Waals surface area contributed by atoms with Crippen molar-refractivity contribution >= 4 is 35.8 Å². The van der Waals surface area contributed by atoms with Gasteiger partial charge >= 0.3 is 0 Å². The molecule has 0 saturated heterocycles. The first-order chi connectivity index (χ1) is 13.2. The third-order valence-corrected chi connectivity index (χ3v) is 4.38. The van der Waals surface area contributed by atoms with Crippen LogP contribution in [-0.2, 0) is 16.0 Å². The van der Waals surface area contributed by atoms with E-state index in [0.29, 0.717) is 12.5 Å². The first-order valence-electron chi connectivity index (χ1n) is 9.92. The van der Waals surface area contributed by atoms with Crippen molar-refractivity contribution in [3.8, 4) is 0 Å². The van der Waals surface area contributed by atoms with Crippen LogP contribution in [0.15, 0.2) is 29.4 Å². The highest BCUT2D eigenvalue weighted by molar-refractivity contribution is 14.0. The lowest BCUT2D eigenvalue weighted by atomic mass is 10.2. The molecule has 1 heterocycles. The van der Waals surface area contributed by atoms with Gasteiger partial charge < -0.3 is 20.3 Å². The van der Waals surface area contributed by atoms with Crippen LogP contribution in [0.25, 0.3) is 0 Å². The second-order valence-electron chi connectivity index (χ2n) is 6.88. The van der Waals surface area contributed by atoms with Crippen LogP contribution in [-0.4, -0.2) is 68.2 Å². The predicted molar refractivity (Wildman–Crippen MR) is 123 cm³/mol. The maximum atomic E-state index is 12.3. The minimum Gasteiger partial charge on any atom is -0.381 e. The summed E-state index contributed by atoms with van der Waals surface area (Å²) in [6, 6.07) is 5.82. The normalized spacial score (nSPS) is 13.6. The molecule has 2 N–H and O–H groups in total. The lowest BCUT2D eigenvalue weighted by Crippen LogP contribution is -2.39. The van der Waals surface area contributed by atoms with Crippen molar-refractivity contribution in [2.45, 2.75) is 32.6 Å². The number of amides is 1. The van der Waals surface area contributed by atoms with Crippen LogP contribution in [0.3, 0.4) is 0 Å². The van der Waals surface area contributed by atoms with E-state index in [-0.39, 0.29) is 36.4 Å². The molecule has 1 aromatic rings. The van der Waals surface area contributed by atoms with Gasteiger partial charge in [0.2, 0.25) is 5.91 Å². The molecule has 1 aliphatic rings. The van der Waals surface area contributed by atoms with Crippen molar-refractivity contribution in [3.05, 3.63) is 30.1 Å². The Kier molecular flexibility index (Phi) is 12.8. The number of pyridine rings is 1. The Bertz CT molecular complexity index is 581. The van der Waals surface area contributed by atoms with Crippen LogP contribution >= 0.6 is 24.0 Å². The second kappa shape index (κ2) is 14.6. The highest BCUT2D eigenvalue weighted by atomic mass is 127. The maximum absolute atomic E-state index is 12.3. The Labute approximate surface area is 185 Å². The number of nitrogens with zero attached hydrogens (tertiary/aromatic N) is 3. The highest BCUT2D eigenvalue weighted by Gasteiger charge is 2.20. The quantitative estimate of drug-likeness (QED) is 0.198. The minimum absolute atomic E-state index is 0. The molecule has 2 rings (SSSR count). The average molecular weight is 503 g/mol. The van der Waals surface area contributed by atoms with Gasteiger partial charge in [-0.2, -0.15) is 0 Å². The van der Waals surface area contributed by atoms with Crippen molar-refractivity contribution in [3.63, 3.8) is 0 Å². The number of guanidine groups is 1. The zero-order valence-electron chi connectivity index (χ0n) is 17.0. The third kappa shape index (κ3) is 10.8. The van der Waals surface area contributed by atoms with Gasteiger partial charge in [-0.05, 0) is 44.2 Å². The number of rotatable bonds is 12. The number of ether oxygens (including phenoxy) is 1. The van der Waals surface area contributed by atoms with Crippen molar-refractivity contribution in [1.82, 2.24) is 20.5 Å². The van der Waals surface area contributed by atoms with E-state index in [1.807, 2.05) is 25.1 Å². The van der Waals surface area contributed by atoms with E-state index >= 15 is 0 Å². The Morgan fingerprint density at radius 3 is 2.86 bits per heavy atom. The Balaban J connectivity index is 0.00000392. The molecule has 1 amide bonds. The fraction of sp³-hybridized carbons (Fsp3) is 0.650. The molecule has 0 atom stereocenters. The molecule has 0 spiro atoms. The molecule has 0 bridgehead atoms. The van der Waals surface area contributed by atoms with Gasteiger partial charge in [0.1, 0.15) is 6.54 Å². The molecule has 0 unspecified atom stereocenters. The number of halogens is 1. The van der Waals surface area contributed by atoms with Gasteiger partial charge in [-0.3, -0.25) is 9.78 Å². The fourth-order valence-electron chi connectivity index (χ4n) is 2.48. The number of hydrogen-bond donors (Lipinski definition) is 2. The summed E-state index contributed by atoms with van der Waals surface area (Å²) in [6.45, 7) is 5.97. The number of aliphatic imine (C=N–C) groups is 1. The minimum atomic E-state index is -0.00380. The molecule has 28 heavy (non-hydrogen) atoms. The second-order valence-corrected chi connectivity index (χ2v) is 6.88. The fourth-order valence-corrected chi connectivity index (χ4v) is 2.48. The molecule has 7 nitrogen and oxygen atoms in total. The molecular weight excluding hydrogens is 469 g/mol. The molecule has 1 aliphatic carbocycles. The van der Waals surface area contributed by atoms with Gasteiger partial charge in [-0.15, -0.1) is 24.0 Å². The topological polar surface area (TPSA) is 78.9 Å². The molecule has 0 aliphatic heterocycles. The zero-order valence-corrected chi connectivity index (χ0v) is 19.4. The van der Waals surface area contributed by atoms with Crippen LogP contribution in [0.2, 0.25) is 0 Å². The third-order valence-electron chi connectivity index (χ3n) is 4.38. The highest BCUT2D eigenvalue weighted by Crippen LogP contribution is 2.28. The SMILES string of the molecule is CCNC(=NCC(=O)N(C)CCc1ccccn1)NCCCOCC1CC1.I. The van der Waals surface area contributed by atoms with Crippen molar-refractivity contribution in [2.75, 3.05) is 46.4 Å². The molecule has 8 heteroatoms. The van der Waals surface area contributed by atoms with Crippen LogP contribution in [0.5, 0.6) is 0 Å². The Morgan fingerprint density at radius 1 is 1.36 bits per heavy atom. The van der Waals surface area contributed by atoms with Gasteiger partial charge in [0.15, 0.2) is 5.96 Å². The summed E-state index contributed by atoms with van der Waals surface area (Å²) in [5, 5.41) is 6.43. The summed E-state index contributed by atoms with van der Waals surface area (Å²) in [4.78, 5) is 22.7. The van der Waals surface area contributed by atoms with Crippen molar-refractivity contribution < 1.29 is 9.53 Å². The van der Waals surface area contributed by atoms with Gasteiger partial charge in [0, 0.05) is 58.2 Å². The smallest absolute Gasteiger partial charge is 0.244 e. The predicted octanol–water partition coefficient (Wildman–Crippen LogP) is 2.07. The molecule has 1 saturated carbocycles. The first kappa shape index (κ1) is 24.6. The summed E-state index contributed by atoms with van der Waals surface area (Å²) in [6.07, 6.45) is 6.08. The van der Waals surface area contributed by atoms with Crippen LogP contribution in [0.4, 0.5) is 0 Å². The largest absolute Gasteiger partial charge is 0.381 e. The van der Waals surface area contributed by atoms with E-state index in [9.17, 15) is 4.79 Å². The molecule has 0 radical (unpaired) electrons. The number of likely N-dealkylation sites (N-methyl/N-ethyl adjacent to an activating group) is 1. The Hall–Kier alpha value is -1.42. The van der Waals surface area contributed by atoms with Gasteiger partial charge in [0.25, 0.3) is 0 Å². The van der Waals surface area contributed by atoms with E-state index in [2.05, 4.69) is 20.6 Å². The number of carbonyl (C=O) groups excluding carboxylic acids is 1. The van der Waals surface area contributed by atoms with Crippen LogP contribution < -0.4 is 10.6 Å². The summed E-state index contributed by atoms with van der Waals surface area (Å²) >= 11 is 0. The average Bonchev–Trinajstić information content (AvgIpc) is 3.51. The summed E-state index contributed by atoms with van der Waals surface area (Å²) in [5.41, 5.74) is 0.986. The molecular formula is C20H34IN5O2. The standard InChI is InChI=1S/C20H33N5O2.HI/c1-3-21-20(23-12-6-14-27-16-17-8-9-17)24-15-19(26)25(2)13-10-18-7-4-5-11-22-18;/h4-5,7,11,17H,3,6,8-10,12-16H2,1-2H3,(H2,21,23,24);1H. The maximum Gasteiger partial charge on any atom is 0.244 e. The molecule has 0 aromatic carbocycles. The van der Waals surface area contributed by atoms with Crippen molar-refractivity contribution in [1.29, 1.82) is 0 Å². The number of nitrogens with one attached hydrogen (secondary N) is 2. The lowest BCUT2D eigenvalue weighted by Gasteiger charge is -2.16. The van der Waals surface area contributed by atoms with Gasteiger partial charge in [-0.25, -0.2) is 4.99 Å². The van der Waals surface area contributed by atoms with Crippen LogP contribution in [0, 0.1) is 5.92 Å². The molecule has 1 aromatic heterocycles. The zero-order chi connectivity index (χ0) is 19.3. The van der Waals surface area contributed by atoms with Gasteiger partial charge in [-0.1, -0.05) is 6.07 Å². The van der Waals surface area contributed by atoms with Crippen LogP contribution in [0.1, 0.15) is 31.9 Å². The first-order valence-corrected chi connectivity index (χ1v) is 9.92. The van der Waals surface area contributed by atoms with E-state index in [1.165, 1.54) is 12.8 Å². The van der Waals surface area contributed by atoms with Crippen molar-refractivity contribution in [2.24, 2.45) is 10.9 Å². The van der Waals surface area contributed by atoms with E-state index in [4.69, 9.17) is 4.74 Å². The Morgan fingerprint density at radius 2 is 2.18 bits per heavy atom. The summed E-state index contributed by atoms with van der Waals surface area (Å²) in [7, 11) is 1.80. The van der Waals surface area contributed by atoms with E-state index in [1.54, 1.807) is 18.1 Å². The monoisotopic (exact) mass is 503 g/mol. The summed E-state index contributed by atoms with van der Waals surface area (Å²) < 4.78 is 5.63. The molecule has 158 valence electrons. The molecule has 1 fully saturated rings. The van der Waals surface area contributed by atoms with E-state index < -0.39 is 0 Å². The van der Waals surface area contributed by atoms with E-state index in [0.717, 1.165) is 50.8 Å². The number of aromatic nitrogens is 1. The number of hydrogen-bond acceptors (Lipinski definition) is 4. The lowest BCUT2D eigenvalue weighted by molar-refractivity contribution is -0.128. The number of carbonyl (C=O) groups is 1. The summed E-state index contributed by atoms with van der Waals surface area (Å²) in [5.74, 6) is 1.47.